The Bertz CT molecular complexity index is 479. The van der Waals surface area contributed by atoms with Crippen LogP contribution in [-0.2, 0) is 23.9 Å². The van der Waals surface area contributed by atoms with Crippen molar-refractivity contribution in [3.05, 3.63) is 0 Å². The highest BCUT2D eigenvalue weighted by molar-refractivity contribution is 5.69. The molecule has 0 amide bonds. The van der Waals surface area contributed by atoms with Crippen LogP contribution in [0.4, 0.5) is 0 Å². The third kappa shape index (κ3) is 18.0. The van der Waals surface area contributed by atoms with Crippen molar-refractivity contribution in [2.45, 2.75) is 0 Å². The van der Waals surface area contributed by atoms with Crippen LogP contribution in [0.1, 0.15) is 0 Å². The summed E-state index contributed by atoms with van der Waals surface area (Å²) in [6, 6.07) is 0. The molecule has 0 aromatic heterocycles. The van der Waals surface area contributed by atoms with Gasteiger partial charge in [-0.1, -0.05) is 0 Å². The normalized spacial score (nSPS) is 11.5. The monoisotopic (exact) mass is 423 g/mol. The molecule has 4 N–H and O–H groups in total. The van der Waals surface area contributed by atoms with Gasteiger partial charge in [-0.2, -0.15) is 0 Å². The topological polar surface area (TPSA) is 160 Å². The molecule has 0 unspecified atom stereocenters. The number of hydrogen-bond donors (Lipinski definition) is 4. The zero-order valence-corrected chi connectivity index (χ0v) is 16.9. The van der Waals surface area contributed by atoms with E-state index in [0.29, 0.717) is 39.4 Å². The van der Waals surface area contributed by atoms with Crippen LogP contribution >= 0.6 is 0 Å². The highest BCUT2D eigenvalue weighted by Gasteiger charge is 2.11. The summed E-state index contributed by atoms with van der Waals surface area (Å²) >= 11 is 0. The third-order valence-corrected chi connectivity index (χ3v) is 3.81. The molecular formula is C17H33N3O9. The van der Waals surface area contributed by atoms with Crippen LogP contribution in [0.25, 0.3) is 0 Å². The molecule has 0 aliphatic rings. The van der Waals surface area contributed by atoms with Crippen molar-refractivity contribution in [1.82, 2.24) is 14.7 Å². The maximum absolute atomic E-state index is 11.0. The summed E-state index contributed by atoms with van der Waals surface area (Å²) in [4.78, 5) is 37.1. The number of carboxylic acid groups (broad SMARTS) is 3. The Hall–Kier alpha value is -1.83. The standard InChI is InChI=1S/C17H33N3O9/c1-18(12-15(22)23)3-8-28-10-5-20(14-17(26)27)6-11-29-9-4-19(2-7-21)13-16(24)25/h21H,2-14H2,1H3,(H,22,23)(H,24,25)(H,26,27). The predicted molar refractivity (Wildman–Crippen MR) is 102 cm³/mol. The number of rotatable bonds is 20. The van der Waals surface area contributed by atoms with Crippen LogP contribution in [0.15, 0.2) is 0 Å². The van der Waals surface area contributed by atoms with E-state index in [2.05, 4.69) is 0 Å². The average Bonchev–Trinajstić information content (AvgIpc) is 2.59. The summed E-state index contributed by atoms with van der Waals surface area (Å²) in [6.45, 7) is 2.39. The van der Waals surface area contributed by atoms with Gasteiger partial charge in [0.1, 0.15) is 0 Å². The van der Waals surface area contributed by atoms with Crippen LogP contribution in [0, 0.1) is 0 Å². The third-order valence-electron chi connectivity index (χ3n) is 3.81. The molecule has 0 saturated heterocycles. The zero-order valence-electron chi connectivity index (χ0n) is 16.9. The number of ether oxygens (including phenoxy) is 2. The number of carboxylic acids is 3. The SMILES string of the molecule is CN(CCOCCN(CCOCCN(CCO)CC(=O)O)CC(=O)O)CC(=O)O. The summed E-state index contributed by atoms with van der Waals surface area (Å²) in [5.74, 6) is -2.87. The van der Waals surface area contributed by atoms with Crippen molar-refractivity contribution in [2.24, 2.45) is 0 Å². The van der Waals surface area contributed by atoms with Crippen LogP contribution < -0.4 is 0 Å². The Morgan fingerprint density at radius 1 is 0.655 bits per heavy atom. The summed E-state index contributed by atoms with van der Waals surface area (Å²) < 4.78 is 10.9. The molecule has 0 aliphatic heterocycles. The van der Waals surface area contributed by atoms with Crippen molar-refractivity contribution < 1.29 is 44.3 Å². The molecule has 0 aromatic rings. The predicted octanol–water partition coefficient (Wildman–Crippen LogP) is -2.20. The van der Waals surface area contributed by atoms with Crippen LogP contribution in [0.5, 0.6) is 0 Å². The number of aliphatic hydroxyl groups is 1. The minimum Gasteiger partial charge on any atom is -0.480 e. The largest absolute Gasteiger partial charge is 0.480 e. The molecule has 0 bridgehead atoms. The second kappa shape index (κ2) is 17.1. The number of aliphatic carboxylic acids is 3. The fourth-order valence-electron chi connectivity index (χ4n) is 2.38. The van der Waals surface area contributed by atoms with E-state index in [1.807, 2.05) is 0 Å². The first kappa shape index (κ1) is 27.2. The van der Waals surface area contributed by atoms with E-state index < -0.39 is 17.9 Å². The van der Waals surface area contributed by atoms with Crippen LogP contribution in [0.3, 0.4) is 0 Å². The van der Waals surface area contributed by atoms with Crippen LogP contribution in [0.2, 0.25) is 0 Å². The lowest BCUT2D eigenvalue weighted by molar-refractivity contribution is -0.139. The highest BCUT2D eigenvalue weighted by Crippen LogP contribution is 1.93. The number of nitrogens with zero attached hydrogens (tertiary/aromatic N) is 3. The summed E-state index contributed by atoms with van der Waals surface area (Å²) in [7, 11) is 1.67. The summed E-state index contributed by atoms with van der Waals surface area (Å²) in [5, 5.41) is 35.4. The van der Waals surface area contributed by atoms with Crippen LogP contribution in [-0.4, -0.2) is 145 Å². The number of carbonyl (C=O) groups is 3. The second-order valence-electron chi connectivity index (χ2n) is 6.42. The van der Waals surface area contributed by atoms with E-state index in [1.54, 1.807) is 21.7 Å². The van der Waals surface area contributed by atoms with Gasteiger partial charge in [-0.05, 0) is 7.05 Å². The van der Waals surface area contributed by atoms with Gasteiger partial charge in [0, 0.05) is 32.7 Å². The number of hydrogen-bond acceptors (Lipinski definition) is 9. The van der Waals surface area contributed by atoms with Crippen molar-refractivity contribution in [2.75, 3.05) is 92.4 Å². The molecule has 0 radical (unpaired) electrons. The Morgan fingerprint density at radius 2 is 1.03 bits per heavy atom. The smallest absolute Gasteiger partial charge is 0.317 e. The average molecular weight is 423 g/mol. The molecule has 0 aromatic carbocycles. The maximum atomic E-state index is 11.0. The van der Waals surface area contributed by atoms with Gasteiger partial charge in [0.2, 0.25) is 0 Å². The Kier molecular flexibility index (Phi) is 16.0. The molecule has 0 atom stereocenters. The fourth-order valence-corrected chi connectivity index (χ4v) is 2.38. The molecule has 0 fully saturated rings. The lowest BCUT2D eigenvalue weighted by Gasteiger charge is -2.22. The second-order valence-corrected chi connectivity index (χ2v) is 6.42. The molecule has 0 heterocycles. The van der Waals surface area contributed by atoms with E-state index in [0.717, 1.165) is 0 Å². The van der Waals surface area contributed by atoms with Crippen molar-refractivity contribution in [3.8, 4) is 0 Å². The number of likely N-dealkylation sites (N-methyl/N-ethyl adjacent to an activating group) is 1. The van der Waals surface area contributed by atoms with Gasteiger partial charge in [0.25, 0.3) is 0 Å². The zero-order chi connectivity index (χ0) is 22.1. The molecule has 0 saturated carbocycles. The van der Waals surface area contributed by atoms with Gasteiger partial charge in [-0.15, -0.1) is 0 Å². The lowest BCUT2D eigenvalue weighted by atomic mass is 10.4. The van der Waals surface area contributed by atoms with E-state index in [1.165, 1.54) is 0 Å². The highest BCUT2D eigenvalue weighted by atomic mass is 16.5. The Labute approximate surface area is 170 Å². The first-order valence-corrected chi connectivity index (χ1v) is 9.29. The summed E-state index contributed by atoms with van der Waals surface area (Å²) in [5.41, 5.74) is 0. The molecular weight excluding hydrogens is 390 g/mol. The quantitative estimate of drug-likeness (QED) is 0.157. The number of aliphatic hydroxyl groups excluding tert-OH is 1. The molecule has 0 aliphatic carbocycles. The molecule has 0 spiro atoms. The Morgan fingerprint density at radius 3 is 1.41 bits per heavy atom. The molecule has 170 valence electrons. The van der Waals surface area contributed by atoms with E-state index in [4.69, 9.17) is 29.9 Å². The first-order chi connectivity index (χ1) is 13.7. The van der Waals surface area contributed by atoms with Gasteiger partial charge < -0.3 is 29.9 Å². The van der Waals surface area contributed by atoms with Gasteiger partial charge in [-0.25, -0.2) is 0 Å². The maximum Gasteiger partial charge on any atom is 0.317 e. The lowest BCUT2D eigenvalue weighted by Crippen LogP contribution is -2.37. The van der Waals surface area contributed by atoms with Gasteiger partial charge in [0.05, 0.1) is 52.7 Å². The first-order valence-electron chi connectivity index (χ1n) is 9.29. The van der Waals surface area contributed by atoms with Crippen molar-refractivity contribution in [3.63, 3.8) is 0 Å². The van der Waals surface area contributed by atoms with Gasteiger partial charge in [-0.3, -0.25) is 29.1 Å². The van der Waals surface area contributed by atoms with Gasteiger partial charge in [0.15, 0.2) is 0 Å². The minimum absolute atomic E-state index is 0.0754. The van der Waals surface area contributed by atoms with Crippen molar-refractivity contribution >= 4 is 17.9 Å². The molecule has 0 rings (SSSR count). The Balaban J connectivity index is 4.02. The van der Waals surface area contributed by atoms with Gasteiger partial charge >= 0.3 is 17.9 Å². The molecule has 12 heteroatoms. The summed E-state index contributed by atoms with van der Waals surface area (Å²) in [6.07, 6.45) is 0. The molecule has 12 nitrogen and oxygen atoms in total. The molecule has 29 heavy (non-hydrogen) atoms. The van der Waals surface area contributed by atoms with Crippen molar-refractivity contribution in [1.29, 1.82) is 0 Å². The fraction of sp³-hybridized carbons (Fsp3) is 0.824. The minimum atomic E-state index is -0.986. The van der Waals surface area contributed by atoms with E-state index in [9.17, 15) is 14.4 Å². The van der Waals surface area contributed by atoms with E-state index in [-0.39, 0.29) is 46.0 Å². The van der Waals surface area contributed by atoms with E-state index >= 15 is 0 Å².